The predicted molar refractivity (Wildman–Crippen MR) is 142 cm³/mol. The number of anilines is 1. The molecule has 4 atom stereocenters. The number of halogens is 2. The van der Waals surface area contributed by atoms with Crippen LogP contribution in [0.2, 0.25) is 0 Å². The highest BCUT2D eigenvalue weighted by molar-refractivity contribution is 9.10. The highest BCUT2D eigenvalue weighted by Gasteiger charge is 2.64. The Morgan fingerprint density at radius 1 is 0.917 bits per heavy atom. The zero-order chi connectivity index (χ0) is 25.1. The number of benzene rings is 3. The number of fused-ring (bicyclic) bond motifs is 5. The molecule has 0 saturated carbocycles. The summed E-state index contributed by atoms with van der Waals surface area (Å²) in [5.41, 5.74) is 2.88. The molecule has 2 saturated heterocycles. The lowest BCUT2D eigenvalue weighted by molar-refractivity contribution is -0.123. The summed E-state index contributed by atoms with van der Waals surface area (Å²) in [6, 6.07) is 18.8. The van der Waals surface area contributed by atoms with Crippen LogP contribution in [-0.4, -0.2) is 35.6 Å². The van der Waals surface area contributed by atoms with Gasteiger partial charge in [0.2, 0.25) is 11.8 Å². The molecule has 3 heterocycles. The van der Waals surface area contributed by atoms with Gasteiger partial charge in [-0.05, 0) is 75.6 Å². The van der Waals surface area contributed by atoms with Gasteiger partial charge in [-0.15, -0.1) is 0 Å². The standard InChI is InChI=1S/C28H20Br2N2O4/c1-36-21-11-6-16(14-20(21)30)26(33)25-23-22(24-19-5-3-2-4-15(19)12-13-31(24)25)27(34)32(28(23)35)18-9-7-17(29)8-10-18/h2-14,22-25H,1H3/t22-,23-,24+,25-/m0/s1. The minimum atomic E-state index is -0.818. The molecule has 6 nitrogen and oxygen atoms in total. The highest BCUT2D eigenvalue weighted by atomic mass is 79.9. The topological polar surface area (TPSA) is 66.9 Å². The molecule has 3 aromatic rings. The minimum absolute atomic E-state index is 0.210. The van der Waals surface area contributed by atoms with E-state index >= 15 is 0 Å². The first kappa shape index (κ1) is 23.2. The van der Waals surface area contributed by atoms with Gasteiger partial charge >= 0.3 is 0 Å². The second kappa shape index (κ2) is 8.71. The molecule has 180 valence electrons. The summed E-state index contributed by atoms with van der Waals surface area (Å²) in [5.74, 6) is -1.72. The van der Waals surface area contributed by atoms with E-state index in [0.29, 0.717) is 21.5 Å². The molecule has 0 aliphatic carbocycles. The Hall–Kier alpha value is -3.23. The van der Waals surface area contributed by atoms with Crippen LogP contribution in [0.25, 0.3) is 6.08 Å². The van der Waals surface area contributed by atoms with Gasteiger partial charge in [-0.2, -0.15) is 0 Å². The van der Waals surface area contributed by atoms with Gasteiger partial charge in [0.25, 0.3) is 0 Å². The van der Waals surface area contributed by atoms with Gasteiger partial charge in [0.1, 0.15) is 11.8 Å². The normalized spacial score (nSPS) is 24.0. The number of imide groups is 1. The first-order valence-electron chi connectivity index (χ1n) is 11.5. The van der Waals surface area contributed by atoms with Crippen LogP contribution in [0.4, 0.5) is 5.69 Å². The molecular weight excluding hydrogens is 588 g/mol. The Morgan fingerprint density at radius 3 is 2.36 bits per heavy atom. The lowest BCUT2D eigenvalue weighted by atomic mass is 9.83. The number of methoxy groups -OCH3 is 1. The van der Waals surface area contributed by atoms with E-state index < -0.39 is 23.9 Å². The van der Waals surface area contributed by atoms with Crippen LogP contribution in [0, 0.1) is 11.8 Å². The Labute approximate surface area is 224 Å². The van der Waals surface area contributed by atoms with Crippen LogP contribution in [-0.2, 0) is 9.59 Å². The maximum atomic E-state index is 14.0. The van der Waals surface area contributed by atoms with Crippen LogP contribution in [0.5, 0.6) is 5.75 Å². The minimum Gasteiger partial charge on any atom is -0.496 e. The van der Waals surface area contributed by atoms with Gasteiger partial charge in [0.05, 0.1) is 35.1 Å². The number of nitrogens with zero attached hydrogens (tertiary/aromatic N) is 2. The maximum Gasteiger partial charge on any atom is 0.240 e. The number of rotatable bonds is 4. The second-order valence-electron chi connectivity index (χ2n) is 9.03. The van der Waals surface area contributed by atoms with Crippen LogP contribution >= 0.6 is 31.9 Å². The fraction of sp³-hybridized carbons (Fsp3) is 0.179. The van der Waals surface area contributed by atoms with Crippen molar-refractivity contribution in [2.45, 2.75) is 12.1 Å². The SMILES string of the molecule is COc1ccc(C(=O)[C@@H]2[C@H]3C(=O)N(c4ccc(Br)cc4)C(=O)[C@@H]3[C@H]3c4ccccc4C=CN23)cc1Br. The number of amides is 2. The monoisotopic (exact) mass is 606 g/mol. The number of ether oxygens (including phenoxy) is 1. The van der Waals surface area contributed by atoms with Crippen molar-refractivity contribution in [2.75, 3.05) is 12.0 Å². The van der Waals surface area contributed by atoms with Crippen molar-refractivity contribution >= 4 is 61.2 Å². The van der Waals surface area contributed by atoms with Crippen LogP contribution in [0.3, 0.4) is 0 Å². The Morgan fingerprint density at radius 2 is 1.64 bits per heavy atom. The molecule has 6 rings (SSSR count). The molecule has 0 unspecified atom stereocenters. The molecule has 3 aliphatic rings. The van der Waals surface area contributed by atoms with Gasteiger partial charge in [0.15, 0.2) is 5.78 Å². The van der Waals surface area contributed by atoms with E-state index in [0.717, 1.165) is 15.6 Å². The van der Waals surface area contributed by atoms with Crippen molar-refractivity contribution < 1.29 is 19.1 Å². The average Bonchev–Trinajstić information content (AvgIpc) is 3.36. The summed E-state index contributed by atoms with van der Waals surface area (Å²) < 4.78 is 6.81. The Balaban J connectivity index is 1.48. The molecule has 2 amide bonds. The van der Waals surface area contributed by atoms with E-state index in [1.54, 1.807) is 49.6 Å². The molecule has 2 fully saturated rings. The fourth-order valence-corrected chi connectivity index (χ4v) is 6.50. The van der Waals surface area contributed by atoms with Crippen LogP contribution in [0.1, 0.15) is 27.5 Å². The smallest absolute Gasteiger partial charge is 0.240 e. The van der Waals surface area contributed by atoms with Gasteiger partial charge in [-0.3, -0.25) is 14.4 Å². The zero-order valence-corrected chi connectivity index (χ0v) is 22.3. The summed E-state index contributed by atoms with van der Waals surface area (Å²) in [6.45, 7) is 0. The van der Waals surface area contributed by atoms with Crippen molar-refractivity contribution in [3.8, 4) is 5.75 Å². The lowest BCUT2D eigenvalue weighted by Gasteiger charge is -2.35. The third kappa shape index (κ3) is 3.38. The summed E-state index contributed by atoms with van der Waals surface area (Å²) >= 11 is 6.87. The molecule has 0 N–H and O–H groups in total. The first-order valence-corrected chi connectivity index (χ1v) is 13.0. The van der Waals surface area contributed by atoms with E-state index in [4.69, 9.17) is 4.74 Å². The summed E-state index contributed by atoms with van der Waals surface area (Å²) in [4.78, 5) is 45.0. The zero-order valence-electron chi connectivity index (χ0n) is 19.1. The molecule has 0 bridgehead atoms. The first-order chi connectivity index (χ1) is 17.4. The largest absolute Gasteiger partial charge is 0.496 e. The Bertz CT molecular complexity index is 1450. The van der Waals surface area contributed by atoms with Crippen molar-refractivity contribution in [1.82, 2.24) is 4.90 Å². The predicted octanol–water partition coefficient (Wildman–Crippen LogP) is 5.62. The second-order valence-corrected chi connectivity index (χ2v) is 10.8. The number of ketones is 1. The van der Waals surface area contributed by atoms with Crippen LogP contribution < -0.4 is 9.64 Å². The molecule has 0 radical (unpaired) electrons. The van der Waals surface area contributed by atoms with E-state index in [-0.39, 0.29) is 17.6 Å². The molecular formula is C28H20Br2N2O4. The molecule has 3 aliphatic heterocycles. The lowest BCUT2D eigenvalue weighted by Crippen LogP contribution is -2.44. The highest BCUT2D eigenvalue weighted by Crippen LogP contribution is 2.53. The van der Waals surface area contributed by atoms with E-state index in [1.165, 1.54) is 4.90 Å². The third-order valence-electron chi connectivity index (χ3n) is 7.25. The Kier molecular flexibility index (Phi) is 5.61. The molecule has 36 heavy (non-hydrogen) atoms. The summed E-state index contributed by atoms with van der Waals surface area (Å²) in [6.07, 6.45) is 3.80. The van der Waals surface area contributed by atoms with E-state index in [1.807, 2.05) is 41.4 Å². The molecule has 0 aromatic heterocycles. The fourth-order valence-electron chi connectivity index (χ4n) is 5.69. The number of hydrogen-bond donors (Lipinski definition) is 0. The van der Waals surface area contributed by atoms with E-state index in [2.05, 4.69) is 31.9 Å². The number of carbonyl (C=O) groups is 3. The average molecular weight is 608 g/mol. The number of carbonyl (C=O) groups excluding carboxylic acids is 3. The van der Waals surface area contributed by atoms with Gasteiger partial charge in [-0.1, -0.05) is 40.2 Å². The third-order valence-corrected chi connectivity index (χ3v) is 8.40. The van der Waals surface area contributed by atoms with Crippen LogP contribution in [0.15, 0.2) is 81.9 Å². The van der Waals surface area contributed by atoms with Gasteiger partial charge in [0, 0.05) is 16.2 Å². The summed E-state index contributed by atoms with van der Waals surface area (Å²) in [5, 5.41) is 0. The number of hydrogen-bond acceptors (Lipinski definition) is 5. The van der Waals surface area contributed by atoms with Crippen molar-refractivity contribution in [3.05, 3.63) is 98.6 Å². The van der Waals surface area contributed by atoms with Crippen molar-refractivity contribution in [2.24, 2.45) is 11.8 Å². The number of Topliss-reactive ketones (excluding diaryl/α,β-unsaturated/α-hetero) is 1. The molecule has 3 aromatic carbocycles. The quantitative estimate of drug-likeness (QED) is 0.285. The molecule has 8 heteroatoms. The van der Waals surface area contributed by atoms with Crippen molar-refractivity contribution in [3.63, 3.8) is 0 Å². The summed E-state index contributed by atoms with van der Waals surface area (Å²) in [7, 11) is 1.56. The van der Waals surface area contributed by atoms with E-state index in [9.17, 15) is 14.4 Å². The maximum absolute atomic E-state index is 14.0. The van der Waals surface area contributed by atoms with Gasteiger partial charge in [-0.25, -0.2) is 4.90 Å². The van der Waals surface area contributed by atoms with Gasteiger partial charge < -0.3 is 9.64 Å². The molecule has 0 spiro atoms. The van der Waals surface area contributed by atoms with Crippen molar-refractivity contribution in [1.29, 1.82) is 0 Å².